The molecule has 2 rings (SSSR count). The van der Waals surface area contributed by atoms with Gasteiger partial charge in [0.1, 0.15) is 0 Å². The van der Waals surface area contributed by atoms with E-state index in [1.807, 2.05) is 0 Å². The molecule has 0 spiro atoms. The maximum absolute atomic E-state index is 10.5. The molecule has 1 N–H and O–H groups in total. The molecule has 0 saturated carbocycles. The summed E-state index contributed by atoms with van der Waals surface area (Å²) in [5.74, 6) is -0.768. The van der Waals surface area contributed by atoms with Gasteiger partial charge in [-0.05, 0) is 12.8 Å². The Hall–Kier alpha value is -0.820. The van der Waals surface area contributed by atoms with Gasteiger partial charge >= 0.3 is 5.97 Å². The van der Waals surface area contributed by atoms with Crippen LogP contribution in [0.4, 0.5) is 5.13 Å². The Morgan fingerprint density at radius 2 is 2.00 bits per heavy atom. The van der Waals surface area contributed by atoms with Gasteiger partial charge in [-0.1, -0.05) is 35.9 Å². The average molecular weight is 273 g/mol. The smallest absolute Gasteiger partial charge is 0.313 e. The molecule has 0 amide bonds. The summed E-state index contributed by atoms with van der Waals surface area (Å²) in [6.07, 6.45) is 4.99. The lowest BCUT2D eigenvalue weighted by atomic mass is 10.2. The zero-order valence-electron chi connectivity index (χ0n) is 9.46. The number of aromatic nitrogens is 2. The van der Waals surface area contributed by atoms with E-state index in [0.717, 1.165) is 22.6 Å². The fourth-order valence-electron chi connectivity index (χ4n) is 1.77. The molecule has 17 heavy (non-hydrogen) atoms. The van der Waals surface area contributed by atoms with E-state index in [9.17, 15) is 4.79 Å². The van der Waals surface area contributed by atoms with Gasteiger partial charge in [0, 0.05) is 13.1 Å². The first-order valence-electron chi connectivity index (χ1n) is 5.69. The number of thioether (sulfide) groups is 1. The lowest BCUT2D eigenvalue weighted by Gasteiger charge is -2.17. The molecule has 0 aromatic carbocycles. The van der Waals surface area contributed by atoms with Gasteiger partial charge in [-0.3, -0.25) is 4.79 Å². The highest BCUT2D eigenvalue weighted by molar-refractivity contribution is 8.01. The van der Waals surface area contributed by atoms with Gasteiger partial charge < -0.3 is 10.0 Å². The van der Waals surface area contributed by atoms with E-state index < -0.39 is 5.97 Å². The largest absolute Gasteiger partial charge is 0.481 e. The molecule has 0 unspecified atom stereocenters. The normalized spacial score (nSPS) is 16.8. The van der Waals surface area contributed by atoms with Crippen LogP contribution in [0, 0.1) is 0 Å². The molecule has 0 aliphatic carbocycles. The minimum Gasteiger partial charge on any atom is -0.481 e. The number of hydrogen-bond acceptors (Lipinski definition) is 6. The van der Waals surface area contributed by atoms with Crippen molar-refractivity contribution in [1.29, 1.82) is 0 Å². The molecule has 1 aliphatic heterocycles. The third kappa shape index (κ3) is 3.85. The van der Waals surface area contributed by atoms with E-state index in [4.69, 9.17) is 5.11 Å². The van der Waals surface area contributed by atoms with E-state index in [2.05, 4.69) is 15.1 Å². The van der Waals surface area contributed by atoms with Gasteiger partial charge in [-0.15, -0.1) is 10.2 Å². The Balaban J connectivity index is 1.94. The first-order valence-corrected chi connectivity index (χ1v) is 7.49. The van der Waals surface area contributed by atoms with E-state index in [1.54, 1.807) is 0 Å². The third-order valence-corrected chi connectivity index (χ3v) is 4.69. The van der Waals surface area contributed by atoms with E-state index in [-0.39, 0.29) is 5.75 Å². The molecule has 1 aliphatic rings. The fourth-order valence-corrected chi connectivity index (χ4v) is 3.39. The van der Waals surface area contributed by atoms with Crippen LogP contribution in [0.5, 0.6) is 0 Å². The molecule has 1 aromatic heterocycles. The van der Waals surface area contributed by atoms with Gasteiger partial charge in [-0.25, -0.2) is 0 Å². The molecule has 1 saturated heterocycles. The molecule has 0 radical (unpaired) electrons. The van der Waals surface area contributed by atoms with Crippen LogP contribution >= 0.6 is 23.1 Å². The van der Waals surface area contributed by atoms with Crippen molar-refractivity contribution in [2.75, 3.05) is 23.7 Å². The fraction of sp³-hybridized carbons (Fsp3) is 0.700. The molecule has 1 fully saturated rings. The average Bonchev–Trinajstić information content (AvgIpc) is 2.60. The number of carboxylic acids is 1. The number of carbonyl (C=O) groups is 1. The zero-order valence-corrected chi connectivity index (χ0v) is 11.1. The molecule has 94 valence electrons. The van der Waals surface area contributed by atoms with E-state index in [0.29, 0.717) is 0 Å². The Morgan fingerprint density at radius 1 is 1.29 bits per heavy atom. The Morgan fingerprint density at radius 3 is 2.65 bits per heavy atom. The number of anilines is 1. The second-order valence-corrected chi connectivity index (χ2v) is 6.11. The minimum atomic E-state index is -0.818. The van der Waals surface area contributed by atoms with Crippen LogP contribution in [0.15, 0.2) is 4.34 Å². The maximum Gasteiger partial charge on any atom is 0.313 e. The second kappa shape index (κ2) is 6.20. The first kappa shape index (κ1) is 12.6. The summed E-state index contributed by atoms with van der Waals surface area (Å²) < 4.78 is 0.742. The summed E-state index contributed by atoms with van der Waals surface area (Å²) in [4.78, 5) is 12.7. The van der Waals surface area contributed by atoms with Crippen molar-refractivity contribution in [2.45, 2.75) is 30.0 Å². The molecule has 1 aromatic rings. The van der Waals surface area contributed by atoms with Crippen LogP contribution in [0.2, 0.25) is 0 Å². The van der Waals surface area contributed by atoms with Crippen LogP contribution in [0.25, 0.3) is 0 Å². The number of aliphatic carboxylic acids is 1. The van der Waals surface area contributed by atoms with Crippen molar-refractivity contribution in [3.63, 3.8) is 0 Å². The Bertz CT molecular complexity index is 375. The van der Waals surface area contributed by atoms with Crippen LogP contribution < -0.4 is 4.90 Å². The van der Waals surface area contributed by atoms with Crippen LogP contribution in [-0.2, 0) is 4.79 Å². The highest BCUT2D eigenvalue weighted by atomic mass is 32.2. The third-order valence-electron chi connectivity index (χ3n) is 2.59. The molecule has 5 nitrogen and oxygen atoms in total. The topological polar surface area (TPSA) is 66.3 Å². The van der Waals surface area contributed by atoms with Gasteiger partial charge in [-0.2, -0.15) is 0 Å². The van der Waals surface area contributed by atoms with Gasteiger partial charge in [0.2, 0.25) is 5.13 Å². The molecule has 0 atom stereocenters. The van der Waals surface area contributed by atoms with Gasteiger partial charge in [0.15, 0.2) is 4.34 Å². The molecular weight excluding hydrogens is 258 g/mol. The molecule has 0 bridgehead atoms. The van der Waals surface area contributed by atoms with Crippen molar-refractivity contribution < 1.29 is 9.90 Å². The molecule has 2 heterocycles. The predicted octanol–water partition coefficient (Wildman–Crippen LogP) is 2.10. The highest BCUT2D eigenvalue weighted by Crippen LogP contribution is 2.29. The number of rotatable bonds is 4. The number of nitrogens with zero attached hydrogens (tertiary/aromatic N) is 3. The lowest BCUT2D eigenvalue weighted by molar-refractivity contribution is -0.133. The van der Waals surface area contributed by atoms with E-state index >= 15 is 0 Å². The Labute approximate surface area is 108 Å². The van der Waals surface area contributed by atoms with Crippen LogP contribution in [0.3, 0.4) is 0 Å². The summed E-state index contributed by atoms with van der Waals surface area (Å²) in [6.45, 7) is 2.08. The Kier molecular flexibility index (Phi) is 4.61. The minimum absolute atomic E-state index is 0.0502. The van der Waals surface area contributed by atoms with Crippen molar-refractivity contribution in [1.82, 2.24) is 10.2 Å². The quantitative estimate of drug-likeness (QED) is 0.847. The van der Waals surface area contributed by atoms with Crippen molar-refractivity contribution in [3.05, 3.63) is 0 Å². The van der Waals surface area contributed by atoms with Gasteiger partial charge in [0.25, 0.3) is 0 Å². The second-order valence-electron chi connectivity index (χ2n) is 3.93. The predicted molar refractivity (Wildman–Crippen MR) is 68.9 cm³/mol. The summed E-state index contributed by atoms with van der Waals surface area (Å²) in [7, 11) is 0. The van der Waals surface area contributed by atoms with Gasteiger partial charge in [0.05, 0.1) is 5.75 Å². The summed E-state index contributed by atoms with van der Waals surface area (Å²) >= 11 is 2.73. The molecule has 7 heteroatoms. The lowest BCUT2D eigenvalue weighted by Crippen LogP contribution is -2.23. The highest BCUT2D eigenvalue weighted by Gasteiger charge is 2.15. The van der Waals surface area contributed by atoms with Crippen molar-refractivity contribution >= 4 is 34.2 Å². The van der Waals surface area contributed by atoms with Crippen molar-refractivity contribution in [2.24, 2.45) is 0 Å². The monoisotopic (exact) mass is 273 g/mol. The van der Waals surface area contributed by atoms with Crippen LogP contribution in [0.1, 0.15) is 25.7 Å². The maximum atomic E-state index is 10.5. The summed E-state index contributed by atoms with van der Waals surface area (Å²) in [6, 6.07) is 0. The van der Waals surface area contributed by atoms with E-state index in [1.165, 1.54) is 48.8 Å². The zero-order chi connectivity index (χ0) is 12.1. The summed E-state index contributed by atoms with van der Waals surface area (Å²) in [5.41, 5.74) is 0. The van der Waals surface area contributed by atoms with Crippen molar-refractivity contribution in [3.8, 4) is 0 Å². The summed E-state index contributed by atoms with van der Waals surface area (Å²) in [5, 5.41) is 17.7. The SMILES string of the molecule is O=C(O)CSc1nnc(N2CCCCCC2)s1. The standard InChI is InChI=1S/C10H15N3O2S2/c14-8(15)7-16-10-12-11-9(17-10)13-5-3-1-2-4-6-13/h1-7H2,(H,14,15). The van der Waals surface area contributed by atoms with Crippen LogP contribution in [-0.4, -0.2) is 40.1 Å². The first-order chi connectivity index (χ1) is 8.25. The number of carboxylic acid groups (broad SMARTS) is 1. The number of hydrogen-bond donors (Lipinski definition) is 1. The molecular formula is C10H15N3O2S2.